The van der Waals surface area contributed by atoms with E-state index in [1.807, 2.05) is 4.90 Å². The molecule has 94 valence electrons. The maximum Gasteiger partial charge on any atom is 0.317 e. The number of carbonyl (C=O) groups is 1. The first-order chi connectivity index (χ1) is 7.39. The highest BCUT2D eigenvalue weighted by molar-refractivity contribution is 5.69. The molecule has 1 rings (SSSR count). The molecule has 1 aliphatic heterocycles. The van der Waals surface area contributed by atoms with E-state index in [1.165, 1.54) is 0 Å². The van der Waals surface area contributed by atoms with Crippen LogP contribution in [0.25, 0.3) is 0 Å². The number of carboxylic acid groups (broad SMARTS) is 1. The van der Waals surface area contributed by atoms with Gasteiger partial charge >= 0.3 is 5.97 Å². The number of nitrogens with zero attached hydrogens (tertiary/aromatic N) is 1. The summed E-state index contributed by atoms with van der Waals surface area (Å²) in [7, 11) is 0. The molecule has 16 heavy (non-hydrogen) atoms. The highest BCUT2D eigenvalue weighted by atomic mass is 16.5. The second-order valence-corrected chi connectivity index (χ2v) is 5.53. The largest absolute Gasteiger partial charge is 0.480 e. The summed E-state index contributed by atoms with van der Waals surface area (Å²) in [6.45, 7) is 8.71. The molecule has 0 aliphatic carbocycles. The Kier molecular flexibility index (Phi) is 4.74. The summed E-state index contributed by atoms with van der Waals surface area (Å²) in [4.78, 5) is 12.8. The molecule has 1 N–H and O–H groups in total. The molecule has 0 radical (unpaired) electrons. The third-order valence-electron chi connectivity index (χ3n) is 3.01. The minimum Gasteiger partial charge on any atom is -0.480 e. The lowest BCUT2D eigenvalue weighted by molar-refractivity contribution is -0.140. The molecular formula is C12H23NO3. The lowest BCUT2D eigenvalue weighted by Gasteiger charge is -2.37. The molecule has 1 fully saturated rings. The van der Waals surface area contributed by atoms with Crippen molar-refractivity contribution in [2.45, 2.75) is 39.2 Å². The lowest BCUT2D eigenvalue weighted by Crippen LogP contribution is -2.47. The van der Waals surface area contributed by atoms with Gasteiger partial charge in [-0.25, -0.2) is 0 Å². The Hall–Kier alpha value is -0.610. The van der Waals surface area contributed by atoms with Crippen LogP contribution < -0.4 is 0 Å². The van der Waals surface area contributed by atoms with Gasteiger partial charge in [0.25, 0.3) is 0 Å². The highest BCUT2D eigenvalue weighted by Crippen LogP contribution is 2.20. The summed E-state index contributed by atoms with van der Waals surface area (Å²) in [5.41, 5.74) is -0.101. The van der Waals surface area contributed by atoms with Crippen LogP contribution in [-0.4, -0.2) is 47.8 Å². The molecular weight excluding hydrogens is 206 g/mol. The molecule has 4 nitrogen and oxygen atoms in total. The fourth-order valence-electron chi connectivity index (χ4n) is 2.00. The van der Waals surface area contributed by atoms with Crippen molar-refractivity contribution in [3.63, 3.8) is 0 Å². The van der Waals surface area contributed by atoms with Crippen LogP contribution in [0.2, 0.25) is 0 Å². The monoisotopic (exact) mass is 229 g/mol. The fraction of sp³-hybridized carbons (Fsp3) is 0.917. The average Bonchev–Trinajstić information content (AvgIpc) is 2.16. The smallest absolute Gasteiger partial charge is 0.317 e. The van der Waals surface area contributed by atoms with Crippen molar-refractivity contribution >= 4 is 5.97 Å². The first kappa shape index (κ1) is 13.5. The Bertz CT molecular complexity index is 229. The van der Waals surface area contributed by atoms with E-state index in [0.29, 0.717) is 5.92 Å². The average molecular weight is 229 g/mol. The van der Waals surface area contributed by atoms with Gasteiger partial charge in [-0.05, 0) is 39.5 Å². The maximum atomic E-state index is 10.8. The maximum absolute atomic E-state index is 10.8. The van der Waals surface area contributed by atoms with Crippen molar-refractivity contribution in [1.29, 1.82) is 0 Å². The van der Waals surface area contributed by atoms with Crippen LogP contribution in [0.3, 0.4) is 0 Å². The number of carboxylic acids is 1. The van der Waals surface area contributed by atoms with E-state index >= 15 is 0 Å². The zero-order valence-corrected chi connectivity index (χ0v) is 10.5. The van der Waals surface area contributed by atoms with Crippen LogP contribution in [0.4, 0.5) is 0 Å². The number of ether oxygens (including phenoxy) is 1. The minimum atomic E-state index is -0.758. The Morgan fingerprint density at radius 1 is 1.50 bits per heavy atom. The van der Waals surface area contributed by atoms with E-state index < -0.39 is 5.97 Å². The third kappa shape index (κ3) is 4.49. The summed E-state index contributed by atoms with van der Waals surface area (Å²) in [5.74, 6) is -0.279. The SMILES string of the molecule is CC(C)(C)N(CC(=O)O)CC1CCCOC1. The van der Waals surface area contributed by atoms with Crippen LogP contribution in [0.15, 0.2) is 0 Å². The second kappa shape index (κ2) is 5.64. The van der Waals surface area contributed by atoms with Crippen LogP contribution in [0.5, 0.6) is 0 Å². The van der Waals surface area contributed by atoms with Gasteiger partial charge < -0.3 is 9.84 Å². The quantitative estimate of drug-likeness (QED) is 0.795. The summed E-state index contributed by atoms with van der Waals surface area (Å²) >= 11 is 0. The molecule has 0 saturated carbocycles. The van der Waals surface area contributed by atoms with E-state index in [1.54, 1.807) is 0 Å². The molecule has 4 heteroatoms. The van der Waals surface area contributed by atoms with Crippen molar-refractivity contribution < 1.29 is 14.6 Å². The molecule has 1 saturated heterocycles. The van der Waals surface area contributed by atoms with Gasteiger partial charge in [-0.1, -0.05) is 0 Å². The predicted molar refractivity (Wildman–Crippen MR) is 62.5 cm³/mol. The van der Waals surface area contributed by atoms with Gasteiger partial charge in [0.05, 0.1) is 13.2 Å². The van der Waals surface area contributed by atoms with Crippen LogP contribution in [-0.2, 0) is 9.53 Å². The third-order valence-corrected chi connectivity index (χ3v) is 3.01. The van der Waals surface area contributed by atoms with Crippen LogP contribution in [0, 0.1) is 5.92 Å². The number of aliphatic carboxylic acids is 1. The van der Waals surface area contributed by atoms with Crippen molar-refractivity contribution in [3.05, 3.63) is 0 Å². The van der Waals surface area contributed by atoms with Gasteiger partial charge in [-0.3, -0.25) is 9.69 Å². The zero-order chi connectivity index (χ0) is 12.2. The molecule has 0 amide bonds. The molecule has 1 aliphatic rings. The fourth-order valence-corrected chi connectivity index (χ4v) is 2.00. The van der Waals surface area contributed by atoms with Crippen molar-refractivity contribution in [2.75, 3.05) is 26.3 Å². The second-order valence-electron chi connectivity index (χ2n) is 5.53. The summed E-state index contributed by atoms with van der Waals surface area (Å²) in [6, 6.07) is 0. The number of hydrogen-bond acceptors (Lipinski definition) is 3. The molecule has 1 atom stereocenters. The Morgan fingerprint density at radius 3 is 2.62 bits per heavy atom. The Labute approximate surface area is 97.6 Å². The molecule has 0 spiro atoms. The first-order valence-electron chi connectivity index (χ1n) is 5.94. The number of hydrogen-bond donors (Lipinski definition) is 1. The normalized spacial score (nSPS) is 22.4. The molecule has 0 aromatic carbocycles. The van der Waals surface area contributed by atoms with Crippen molar-refractivity contribution in [3.8, 4) is 0 Å². The summed E-state index contributed by atoms with van der Waals surface area (Å²) in [5, 5.41) is 8.90. The minimum absolute atomic E-state index is 0.101. The molecule has 1 unspecified atom stereocenters. The van der Waals surface area contributed by atoms with E-state index in [2.05, 4.69) is 20.8 Å². The van der Waals surface area contributed by atoms with Crippen molar-refractivity contribution in [2.24, 2.45) is 5.92 Å². The Morgan fingerprint density at radius 2 is 2.19 bits per heavy atom. The van der Waals surface area contributed by atoms with E-state index in [0.717, 1.165) is 32.6 Å². The zero-order valence-electron chi connectivity index (χ0n) is 10.5. The van der Waals surface area contributed by atoms with Gasteiger partial charge in [-0.2, -0.15) is 0 Å². The number of rotatable bonds is 4. The molecule has 0 aromatic heterocycles. The molecule has 1 heterocycles. The van der Waals surface area contributed by atoms with E-state index in [-0.39, 0.29) is 12.1 Å². The summed E-state index contributed by atoms with van der Waals surface area (Å²) in [6.07, 6.45) is 2.24. The highest BCUT2D eigenvalue weighted by Gasteiger charge is 2.27. The van der Waals surface area contributed by atoms with Gasteiger partial charge in [-0.15, -0.1) is 0 Å². The predicted octanol–water partition coefficient (Wildman–Crippen LogP) is 1.60. The molecule has 0 bridgehead atoms. The van der Waals surface area contributed by atoms with Crippen LogP contribution >= 0.6 is 0 Å². The molecule has 0 aromatic rings. The summed E-state index contributed by atoms with van der Waals surface area (Å²) < 4.78 is 5.43. The Balaban J connectivity index is 2.51. The van der Waals surface area contributed by atoms with Gasteiger partial charge in [0.15, 0.2) is 0 Å². The van der Waals surface area contributed by atoms with Crippen molar-refractivity contribution in [1.82, 2.24) is 4.90 Å². The first-order valence-corrected chi connectivity index (χ1v) is 5.94. The standard InChI is InChI=1S/C12H23NO3/c1-12(2,3)13(8-11(14)15)7-10-5-4-6-16-9-10/h10H,4-9H2,1-3H3,(H,14,15). The van der Waals surface area contributed by atoms with E-state index in [9.17, 15) is 4.79 Å². The van der Waals surface area contributed by atoms with Crippen LogP contribution in [0.1, 0.15) is 33.6 Å². The van der Waals surface area contributed by atoms with E-state index in [4.69, 9.17) is 9.84 Å². The van der Waals surface area contributed by atoms with Gasteiger partial charge in [0, 0.05) is 18.7 Å². The van der Waals surface area contributed by atoms with Gasteiger partial charge in [0.1, 0.15) is 0 Å². The lowest BCUT2D eigenvalue weighted by atomic mass is 9.98. The topological polar surface area (TPSA) is 49.8 Å². The van der Waals surface area contributed by atoms with Gasteiger partial charge in [0.2, 0.25) is 0 Å².